The summed E-state index contributed by atoms with van der Waals surface area (Å²) in [6.07, 6.45) is 1.81. The van der Waals surface area contributed by atoms with E-state index in [-0.39, 0.29) is 16.8 Å². The number of nitrogens with two attached hydrogens (primary N) is 2. The SMILES string of the molecule is Cc1ccc(S(N)(=O)=O)cc1NC(=O)CCCC(C)N. The Labute approximate surface area is 119 Å². The minimum atomic E-state index is -3.77. The van der Waals surface area contributed by atoms with E-state index in [1.165, 1.54) is 12.1 Å². The fourth-order valence-electron chi connectivity index (χ4n) is 1.71. The molecule has 1 aromatic rings. The maximum absolute atomic E-state index is 11.8. The number of benzene rings is 1. The molecule has 0 radical (unpaired) electrons. The molecule has 20 heavy (non-hydrogen) atoms. The predicted octanol–water partition coefficient (Wildman–Crippen LogP) is 1.10. The van der Waals surface area contributed by atoms with Crippen molar-refractivity contribution in [2.24, 2.45) is 10.9 Å². The smallest absolute Gasteiger partial charge is 0.238 e. The van der Waals surface area contributed by atoms with E-state index in [4.69, 9.17) is 10.9 Å². The Kier molecular flexibility index (Phi) is 5.67. The molecule has 1 rings (SSSR count). The van der Waals surface area contributed by atoms with Gasteiger partial charge in [0.25, 0.3) is 0 Å². The van der Waals surface area contributed by atoms with Crippen molar-refractivity contribution in [3.05, 3.63) is 23.8 Å². The summed E-state index contributed by atoms with van der Waals surface area (Å²) >= 11 is 0. The number of nitrogens with one attached hydrogen (secondary N) is 1. The van der Waals surface area contributed by atoms with Crippen LogP contribution in [-0.4, -0.2) is 20.4 Å². The Morgan fingerprint density at radius 2 is 2.05 bits per heavy atom. The van der Waals surface area contributed by atoms with E-state index in [9.17, 15) is 13.2 Å². The molecule has 0 heterocycles. The Bertz CT molecular complexity index is 583. The van der Waals surface area contributed by atoms with Gasteiger partial charge in [-0.05, 0) is 44.4 Å². The van der Waals surface area contributed by atoms with Crippen molar-refractivity contribution in [1.82, 2.24) is 0 Å². The number of sulfonamides is 1. The van der Waals surface area contributed by atoms with E-state index in [1.54, 1.807) is 13.0 Å². The van der Waals surface area contributed by atoms with Crippen LogP contribution in [0.3, 0.4) is 0 Å². The molecule has 1 aromatic carbocycles. The molecule has 5 N–H and O–H groups in total. The first-order valence-electron chi connectivity index (χ1n) is 6.39. The van der Waals surface area contributed by atoms with E-state index in [1.807, 2.05) is 6.92 Å². The average molecular weight is 299 g/mol. The molecule has 1 amide bonds. The summed E-state index contributed by atoms with van der Waals surface area (Å²) in [7, 11) is -3.77. The zero-order valence-electron chi connectivity index (χ0n) is 11.7. The molecule has 0 fully saturated rings. The number of carbonyl (C=O) groups excluding carboxylic acids is 1. The van der Waals surface area contributed by atoms with Crippen LogP contribution >= 0.6 is 0 Å². The molecule has 0 aliphatic heterocycles. The second kappa shape index (κ2) is 6.83. The van der Waals surface area contributed by atoms with Gasteiger partial charge in [0.05, 0.1) is 4.90 Å². The van der Waals surface area contributed by atoms with Crippen molar-refractivity contribution in [2.75, 3.05) is 5.32 Å². The third-order valence-corrected chi connectivity index (χ3v) is 3.79. The molecule has 6 nitrogen and oxygen atoms in total. The molecule has 0 spiro atoms. The van der Waals surface area contributed by atoms with Gasteiger partial charge in [-0.3, -0.25) is 4.79 Å². The van der Waals surface area contributed by atoms with Gasteiger partial charge in [-0.1, -0.05) is 6.07 Å². The molecule has 0 saturated carbocycles. The minimum Gasteiger partial charge on any atom is -0.328 e. The predicted molar refractivity (Wildman–Crippen MR) is 78.7 cm³/mol. The zero-order chi connectivity index (χ0) is 15.3. The highest BCUT2D eigenvalue weighted by molar-refractivity contribution is 7.89. The van der Waals surface area contributed by atoms with Crippen molar-refractivity contribution < 1.29 is 13.2 Å². The van der Waals surface area contributed by atoms with Gasteiger partial charge >= 0.3 is 0 Å². The fraction of sp³-hybridized carbons (Fsp3) is 0.462. The highest BCUT2D eigenvalue weighted by Gasteiger charge is 2.11. The van der Waals surface area contributed by atoms with Crippen LogP contribution in [0, 0.1) is 6.92 Å². The van der Waals surface area contributed by atoms with Crippen LogP contribution in [0.15, 0.2) is 23.1 Å². The van der Waals surface area contributed by atoms with Crippen LogP contribution in [0.5, 0.6) is 0 Å². The van der Waals surface area contributed by atoms with Crippen LogP contribution in [0.1, 0.15) is 31.7 Å². The van der Waals surface area contributed by atoms with Gasteiger partial charge < -0.3 is 11.1 Å². The van der Waals surface area contributed by atoms with Gasteiger partial charge in [0.2, 0.25) is 15.9 Å². The van der Waals surface area contributed by atoms with Crippen molar-refractivity contribution in [1.29, 1.82) is 0 Å². The summed E-state index contributed by atoms with van der Waals surface area (Å²) in [5.74, 6) is -0.166. The quantitative estimate of drug-likeness (QED) is 0.729. The van der Waals surface area contributed by atoms with Gasteiger partial charge in [-0.2, -0.15) is 0 Å². The lowest BCUT2D eigenvalue weighted by atomic mass is 10.1. The monoisotopic (exact) mass is 299 g/mol. The summed E-state index contributed by atoms with van der Waals surface area (Å²) in [6.45, 7) is 3.67. The van der Waals surface area contributed by atoms with Crippen molar-refractivity contribution in [3.63, 3.8) is 0 Å². The maximum atomic E-state index is 11.8. The number of hydrogen-bond acceptors (Lipinski definition) is 4. The standard InChI is InChI=1S/C13H21N3O3S/c1-9-6-7-11(20(15,18)19)8-12(9)16-13(17)5-3-4-10(2)14/h6-8,10H,3-5,14H2,1-2H3,(H,16,17)(H2,15,18,19). The number of anilines is 1. The minimum absolute atomic E-state index is 0.0195. The lowest BCUT2D eigenvalue weighted by Gasteiger charge is -2.10. The maximum Gasteiger partial charge on any atom is 0.238 e. The molecule has 0 aliphatic rings. The largest absolute Gasteiger partial charge is 0.328 e. The van der Waals surface area contributed by atoms with Crippen LogP contribution in [0.25, 0.3) is 0 Å². The number of amides is 1. The summed E-state index contributed by atoms with van der Waals surface area (Å²) in [6, 6.07) is 4.46. The first-order chi connectivity index (χ1) is 9.20. The second-order valence-electron chi connectivity index (χ2n) is 4.94. The van der Waals surface area contributed by atoms with Gasteiger partial charge in [0.15, 0.2) is 0 Å². The molecular weight excluding hydrogens is 278 g/mol. The van der Waals surface area contributed by atoms with Crippen molar-refractivity contribution in [2.45, 2.75) is 44.0 Å². The van der Waals surface area contributed by atoms with Gasteiger partial charge in [0.1, 0.15) is 0 Å². The fourth-order valence-corrected chi connectivity index (χ4v) is 2.25. The Morgan fingerprint density at radius 3 is 2.60 bits per heavy atom. The normalized spacial score (nSPS) is 13.0. The number of aryl methyl sites for hydroxylation is 1. The first kappa shape index (κ1) is 16.6. The van der Waals surface area contributed by atoms with E-state index < -0.39 is 10.0 Å². The Morgan fingerprint density at radius 1 is 1.40 bits per heavy atom. The van der Waals surface area contributed by atoms with E-state index >= 15 is 0 Å². The lowest BCUT2D eigenvalue weighted by Crippen LogP contribution is -2.17. The molecule has 0 saturated heterocycles. The van der Waals surface area contributed by atoms with Crippen LogP contribution in [0.2, 0.25) is 0 Å². The number of hydrogen-bond donors (Lipinski definition) is 3. The summed E-state index contributed by atoms with van der Waals surface area (Å²) in [5.41, 5.74) is 6.85. The van der Waals surface area contributed by atoms with Crippen LogP contribution in [-0.2, 0) is 14.8 Å². The molecule has 1 unspecified atom stereocenters. The van der Waals surface area contributed by atoms with Crippen molar-refractivity contribution in [3.8, 4) is 0 Å². The summed E-state index contributed by atoms with van der Waals surface area (Å²) in [4.78, 5) is 11.8. The molecule has 0 aliphatic carbocycles. The van der Waals surface area contributed by atoms with E-state index in [0.717, 1.165) is 12.0 Å². The average Bonchev–Trinajstić information content (AvgIpc) is 2.30. The highest BCUT2D eigenvalue weighted by Crippen LogP contribution is 2.19. The lowest BCUT2D eigenvalue weighted by molar-refractivity contribution is -0.116. The topological polar surface area (TPSA) is 115 Å². The number of primary sulfonamides is 1. The Balaban J connectivity index is 2.74. The van der Waals surface area contributed by atoms with Crippen molar-refractivity contribution >= 4 is 21.6 Å². The molecule has 1 atom stereocenters. The highest BCUT2D eigenvalue weighted by atomic mass is 32.2. The third kappa shape index (κ3) is 5.28. The Hall–Kier alpha value is -1.44. The molecular formula is C13H21N3O3S. The summed E-state index contributed by atoms with van der Waals surface area (Å²) < 4.78 is 22.6. The molecule has 7 heteroatoms. The molecule has 0 aromatic heterocycles. The third-order valence-electron chi connectivity index (χ3n) is 2.87. The van der Waals surface area contributed by atoms with Gasteiger partial charge in [-0.15, -0.1) is 0 Å². The second-order valence-corrected chi connectivity index (χ2v) is 6.50. The van der Waals surface area contributed by atoms with Crippen LogP contribution in [0.4, 0.5) is 5.69 Å². The summed E-state index contributed by atoms with van der Waals surface area (Å²) in [5, 5.41) is 7.76. The number of rotatable bonds is 6. The van der Waals surface area contributed by atoms with E-state index in [2.05, 4.69) is 5.32 Å². The first-order valence-corrected chi connectivity index (χ1v) is 7.93. The van der Waals surface area contributed by atoms with Gasteiger partial charge in [-0.25, -0.2) is 13.6 Å². The number of carbonyl (C=O) groups is 1. The zero-order valence-corrected chi connectivity index (χ0v) is 12.5. The van der Waals surface area contributed by atoms with Gasteiger partial charge in [0, 0.05) is 18.2 Å². The molecule has 0 bridgehead atoms. The van der Waals surface area contributed by atoms with Crippen LogP contribution < -0.4 is 16.2 Å². The molecule has 112 valence electrons. The van der Waals surface area contributed by atoms with E-state index in [0.29, 0.717) is 18.5 Å².